The summed E-state index contributed by atoms with van der Waals surface area (Å²) in [6, 6.07) is 10.3. The van der Waals surface area contributed by atoms with Gasteiger partial charge in [0.05, 0.1) is 0 Å². The first kappa shape index (κ1) is 12.8. The lowest BCUT2D eigenvalue weighted by molar-refractivity contribution is 0.0952. The van der Waals surface area contributed by atoms with Gasteiger partial charge in [0.15, 0.2) is 5.01 Å². The van der Waals surface area contributed by atoms with E-state index < -0.39 is 0 Å². The smallest absolute Gasteiger partial charge is 0.280 e. The number of benzene rings is 1. The summed E-state index contributed by atoms with van der Waals surface area (Å²) in [5.41, 5.74) is 2.20. The Kier molecular flexibility index (Phi) is 4.47. The predicted molar refractivity (Wildman–Crippen MR) is 73.9 cm³/mol. The molecule has 18 heavy (non-hydrogen) atoms. The lowest BCUT2D eigenvalue weighted by Gasteiger charge is -2.03. The molecule has 2 aromatic rings. The molecule has 0 aliphatic rings. The third-order valence-electron chi connectivity index (χ3n) is 2.58. The Morgan fingerprint density at radius 2 is 2.11 bits per heavy atom. The summed E-state index contributed by atoms with van der Waals surface area (Å²) < 4.78 is 0. The average Bonchev–Trinajstić information content (AvgIpc) is 2.82. The molecule has 1 aromatic heterocycles. The first-order valence-corrected chi connectivity index (χ1v) is 6.88. The highest BCUT2D eigenvalue weighted by Crippen LogP contribution is 2.08. The van der Waals surface area contributed by atoms with Crippen LogP contribution >= 0.6 is 11.3 Å². The number of aryl methyl sites for hydroxylation is 2. The number of nitrogens with zero attached hydrogens (tertiary/aromatic N) is 1. The van der Waals surface area contributed by atoms with Gasteiger partial charge in [0, 0.05) is 17.6 Å². The van der Waals surface area contributed by atoms with Crippen molar-refractivity contribution in [3.8, 4) is 0 Å². The van der Waals surface area contributed by atoms with E-state index in [0.717, 1.165) is 18.5 Å². The van der Waals surface area contributed by atoms with Crippen LogP contribution in [0.2, 0.25) is 0 Å². The first-order valence-electron chi connectivity index (χ1n) is 6.00. The lowest BCUT2D eigenvalue weighted by atomic mass is 10.1. The maximum absolute atomic E-state index is 11.7. The molecule has 4 heteroatoms. The molecule has 0 bridgehead atoms. The van der Waals surface area contributed by atoms with E-state index in [-0.39, 0.29) is 5.91 Å². The molecule has 94 valence electrons. The van der Waals surface area contributed by atoms with Crippen LogP contribution in [0.3, 0.4) is 0 Å². The topological polar surface area (TPSA) is 42.0 Å². The molecule has 0 radical (unpaired) electrons. The van der Waals surface area contributed by atoms with Gasteiger partial charge in [-0.25, -0.2) is 4.98 Å². The summed E-state index contributed by atoms with van der Waals surface area (Å²) in [6.07, 6.45) is 1.93. The van der Waals surface area contributed by atoms with Crippen molar-refractivity contribution in [2.24, 2.45) is 0 Å². The summed E-state index contributed by atoms with van der Waals surface area (Å²) in [7, 11) is 0. The van der Waals surface area contributed by atoms with Gasteiger partial charge in [-0.05, 0) is 25.3 Å². The van der Waals surface area contributed by atoms with Crippen LogP contribution in [0.1, 0.15) is 27.5 Å². The molecule has 0 fully saturated rings. The Morgan fingerprint density at radius 1 is 1.33 bits per heavy atom. The van der Waals surface area contributed by atoms with Crippen molar-refractivity contribution in [2.75, 3.05) is 6.54 Å². The highest BCUT2D eigenvalue weighted by Gasteiger charge is 2.08. The number of hydrogen-bond acceptors (Lipinski definition) is 3. The van der Waals surface area contributed by atoms with Crippen LogP contribution in [-0.4, -0.2) is 17.4 Å². The highest BCUT2D eigenvalue weighted by molar-refractivity contribution is 7.11. The number of rotatable bonds is 5. The fraction of sp³-hybridized carbons (Fsp3) is 0.286. The van der Waals surface area contributed by atoms with E-state index in [1.807, 2.05) is 30.5 Å². The molecule has 2 rings (SSSR count). The second kappa shape index (κ2) is 6.31. The van der Waals surface area contributed by atoms with Crippen molar-refractivity contribution in [1.29, 1.82) is 0 Å². The third-order valence-corrected chi connectivity index (χ3v) is 3.54. The zero-order valence-corrected chi connectivity index (χ0v) is 11.2. The van der Waals surface area contributed by atoms with Gasteiger partial charge in [-0.1, -0.05) is 30.3 Å². The summed E-state index contributed by atoms with van der Waals surface area (Å²) >= 11 is 1.39. The van der Waals surface area contributed by atoms with Gasteiger partial charge >= 0.3 is 0 Å². The second-order valence-electron chi connectivity index (χ2n) is 4.14. The van der Waals surface area contributed by atoms with E-state index in [0.29, 0.717) is 11.6 Å². The summed E-state index contributed by atoms with van der Waals surface area (Å²) in [6.45, 7) is 2.58. The second-order valence-corrected chi connectivity index (χ2v) is 5.00. The van der Waals surface area contributed by atoms with Gasteiger partial charge < -0.3 is 5.32 Å². The maximum Gasteiger partial charge on any atom is 0.280 e. The van der Waals surface area contributed by atoms with Crippen molar-refractivity contribution in [2.45, 2.75) is 19.8 Å². The van der Waals surface area contributed by atoms with Crippen LogP contribution in [-0.2, 0) is 6.42 Å². The molecular formula is C14H16N2OS. The Hall–Kier alpha value is -1.68. The zero-order chi connectivity index (χ0) is 12.8. The molecule has 0 aliphatic carbocycles. The van der Waals surface area contributed by atoms with E-state index >= 15 is 0 Å². The van der Waals surface area contributed by atoms with Crippen LogP contribution < -0.4 is 5.32 Å². The minimum Gasteiger partial charge on any atom is -0.350 e. The van der Waals surface area contributed by atoms with E-state index in [4.69, 9.17) is 0 Å². The van der Waals surface area contributed by atoms with Crippen molar-refractivity contribution in [1.82, 2.24) is 10.3 Å². The standard InChI is InChI=1S/C14H16N2OS/c1-11-10-18-14(16-11)13(17)15-9-5-8-12-6-3-2-4-7-12/h2-4,6-7,10H,5,8-9H2,1H3,(H,15,17). The molecule has 1 amide bonds. The molecule has 1 N–H and O–H groups in total. The Balaban J connectivity index is 1.71. The minimum absolute atomic E-state index is 0.0684. The van der Waals surface area contributed by atoms with Crippen LogP contribution in [0.15, 0.2) is 35.7 Å². The number of carbonyl (C=O) groups is 1. The first-order chi connectivity index (χ1) is 8.75. The molecule has 3 nitrogen and oxygen atoms in total. The highest BCUT2D eigenvalue weighted by atomic mass is 32.1. The number of nitrogens with one attached hydrogen (secondary N) is 1. The van der Waals surface area contributed by atoms with Crippen LogP contribution in [0.5, 0.6) is 0 Å². The normalized spacial score (nSPS) is 10.3. The largest absolute Gasteiger partial charge is 0.350 e. The van der Waals surface area contributed by atoms with E-state index in [2.05, 4.69) is 22.4 Å². The molecule has 1 heterocycles. The van der Waals surface area contributed by atoms with Crippen LogP contribution in [0, 0.1) is 6.92 Å². The Morgan fingerprint density at radius 3 is 2.78 bits per heavy atom. The van der Waals surface area contributed by atoms with Crippen molar-refractivity contribution in [3.63, 3.8) is 0 Å². The number of aromatic nitrogens is 1. The number of thiazole rings is 1. The summed E-state index contributed by atoms with van der Waals surface area (Å²) in [5.74, 6) is -0.0684. The molecule has 0 unspecified atom stereocenters. The monoisotopic (exact) mass is 260 g/mol. The fourth-order valence-electron chi connectivity index (χ4n) is 1.67. The zero-order valence-electron chi connectivity index (χ0n) is 10.3. The van der Waals surface area contributed by atoms with Crippen molar-refractivity contribution < 1.29 is 4.79 Å². The number of amides is 1. The van der Waals surface area contributed by atoms with Gasteiger partial charge in [0.1, 0.15) is 0 Å². The van der Waals surface area contributed by atoms with Gasteiger partial charge in [0.25, 0.3) is 5.91 Å². The molecule has 0 aliphatic heterocycles. The molecule has 1 aromatic carbocycles. The number of carbonyl (C=O) groups excluding carboxylic acids is 1. The molecule has 0 saturated carbocycles. The minimum atomic E-state index is -0.0684. The molecular weight excluding hydrogens is 244 g/mol. The molecule has 0 spiro atoms. The van der Waals surface area contributed by atoms with E-state index in [1.165, 1.54) is 16.9 Å². The molecule has 0 saturated heterocycles. The van der Waals surface area contributed by atoms with Gasteiger partial charge in [-0.2, -0.15) is 0 Å². The van der Waals surface area contributed by atoms with E-state index in [9.17, 15) is 4.79 Å². The summed E-state index contributed by atoms with van der Waals surface area (Å²) in [5, 5.41) is 5.33. The van der Waals surface area contributed by atoms with Crippen molar-refractivity contribution >= 4 is 17.2 Å². The van der Waals surface area contributed by atoms with Crippen molar-refractivity contribution in [3.05, 3.63) is 52.0 Å². The van der Waals surface area contributed by atoms with Crippen LogP contribution in [0.4, 0.5) is 0 Å². The maximum atomic E-state index is 11.7. The Bertz CT molecular complexity index is 508. The third kappa shape index (κ3) is 3.67. The van der Waals surface area contributed by atoms with Crippen LogP contribution in [0.25, 0.3) is 0 Å². The number of hydrogen-bond donors (Lipinski definition) is 1. The SMILES string of the molecule is Cc1csc(C(=O)NCCCc2ccccc2)n1. The predicted octanol–water partition coefficient (Wildman–Crippen LogP) is 2.81. The molecule has 0 atom stereocenters. The van der Waals surface area contributed by atoms with Gasteiger partial charge in [-0.3, -0.25) is 4.79 Å². The van der Waals surface area contributed by atoms with Gasteiger partial charge in [-0.15, -0.1) is 11.3 Å². The average molecular weight is 260 g/mol. The fourth-order valence-corrected chi connectivity index (χ4v) is 2.38. The van der Waals surface area contributed by atoms with Gasteiger partial charge in [0.2, 0.25) is 0 Å². The summed E-state index contributed by atoms with van der Waals surface area (Å²) in [4.78, 5) is 15.9. The Labute approximate surface area is 111 Å². The lowest BCUT2D eigenvalue weighted by Crippen LogP contribution is -2.24. The quantitative estimate of drug-likeness (QED) is 0.840. The van der Waals surface area contributed by atoms with E-state index in [1.54, 1.807) is 0 Å².